The second kappa shape index (κ2) is 7.08. The number of benzene rings is 1. The number of phenols is 1. The van der Waals surface area contributed by atoms with Gasteiger partial charge in [-0.15, -0.1) is 0 Å². The summed E-state index contributed by atoms with van der Waals surface area (Å²) in [6.07, 6.45) is 0. The summed E-state index contributed by atoms with van der Waals surface area (Å²) in [5.41, 5.74) is 0.508. The van der Waals surface area contributed by atoms with E-state index in [9.17, 15) is 19.5 Å². The van der Waals surface area contributed by atoms with E-state index in [2.05, 4.69) is 16.6 Å². The number of nitrogens with one attached hydrogen (secondary N) is 1. The van der Waals surface area contributed by atoms with Gasteiger partial charge in [0.15, 0.2) is 11.5 Å². The fourth-order valence-electron chi connectivity index (χ4n) is 2.27. The Hall–Kier alpha value is -3.29. The first-order chi connectivity index (χ1) is 11.8. The Morgan fingerprint density at radius 2 is 2.00 bits per heavy atom. The predicted octanol–water partition coefficient (Wildman–Crippen LogP) is 1.05. The second-order valence-corrected chi connectivity index (χ2v) is 5.28. The SMILES string of the molecule is C=C1C(=O)C(Nc2cccc(C(=O)N(C)CC(=O)OC)c2O)=C1OC. The summed E-state index contributed by atoms with van der Waals surface area (Å²) < 4.78 is 9.56. The molecule has 0 saturated heterocycles. The minimum absolute atomic E-state index is 0.0263. The average molecular weight is 346 g/mol. The molecule has 1 aromatic carbocycles. The van der Waals surface area contributed by atoms with Gasteiger partial charge in [-0.1, -0.05) is 12.6 Å². The Morgan fingerprint density at radius 3 is 2.60 bits per heavy atom. The van der Waals surface area contributed by atoms with Crippen molar-refractivity contribution in [1.29, 1.82) is 0 Å². The van der Waals surface area contributed by atoms with Crippen LogP contribution in [-0.4, -0.2) is 55.5 Å². The number of allylic oxidation sites excluding steroid dienone is 2. The van der Waals surface area contributed by atoms with Crippen molar-refractivity contribution in [3.05, 3.63) is 47.4 Å². The Morgan fingerprint density at radius 1 is 1.32 bits per heavy atom. The lowest BCUT2D eigenvalue weighted by atomic mass is 9.95. The number of para-hydroxylation sites is 1. The second-order valence-electron chi connectivity index (χ2n) is 5.28. The summed E-state index contributed by atoms with van der Waals surface area (Å²) in [6, 6.07) is 4.44. The van der Waals surface area contributed by atoms with Crippen molar-refractivity contribution in [2.24, 2.45) is 0 Å². The molecule has 0 atom stereocenters. The van der Waals surface area contributed by atoms with E-state index < -0.39 is 11.9 Å². The number of esters is 1. The fraction of sp³-hybridized carbons (Fsp3) is 0.235. The molecule has 8 nitrogen and oxygen atoms in total. The van der Waals surface area contributed by atoms with Crippen molar-refractivity contribution < 1.29 is 29.0 Å². The molecular weight excluding hydrogens is 328 g/mol. The highest BCUT2D eigenvalue weighted by Gasteiger charge is 2.34. The van der Waals surface area contributed by atoms with Crippen molar-refractivity contribution in [2.75, 3.05) is 33.1 Å². The Kier molecular flexibility index (Phi) is 5.11. The maximum Gasteiger partial charge on any atom is 0.325 e. The lowest BCUT2D eigenvalue weighted by Gasteiger charge is -2.25. The highest BCUT2D eigenvalue weighted by molar-refractivity contribution is 6.20. The molecule has 2 N–H and O–H groups in total. The van der Waals surface area contributed by atoms with Gasteiger partial charge in [0.2, 0.25) is 5.78 Å². The van der Waals surface area contributed by atoms with Crippen LogP contribution in [0, 0.1) is 0 Å². The molecule has 0 heterocycles. The van der Waals surface area contributed by atoms with Gasteiger partial charge in [-0.3, -0.25) is 14.4 Å². The maximum atomic E-state index is 12.4. The number of ether oxygens (including phenoxy) is 2. The van der Waals surface area contributed by atoms with E-state index in [1.54, 1.807) is 0 Å². The quantitative estimate of drug-likeness (QED) is 0.450. The molecule has 1 aliphatic rings. The molecule has 0 aromatic heterocycles. The average Bonchev–Trinajstić information content (AvgIpc) is 2.61. The van der Waals surface area contributed by atoms with Crippen molar-refractivity contribution in [1.82, 2.24) is 4.90 Å². The lowest BCUT2D eigenvalue weighted by Crippen LogP contribution is -2.32. The number of aromatic hydroxyl groups is 1. The third-order valence-electron chi connectivity index (χ3n) is 3.67. The number of phenolic OH excluding ortho intramolecular Hbond substituents is 1. The van der Waals surface area contributed by atoms with Crippen LogP contribution in [0.4, 0.5) is 5.69 Å². The molecule has 1 aliphatic carbocycles. The van der Waals surface area contributed by atoms with E-state index in [4.69, 9.17) is 4.74 Å². The summed E-state index contributed by atoms with van der Waals surface area (Å²) in [7, 11) is 4.02. The van der Waals surface area contributed by atoms with Gasteiger partial charge in [-0.2, -0.15) is 0 Å². The van der Waals surface area contributed by atoms with Gasteiger partial charge >= 0.3 is 5.97 Å². The van der Waals surface area contributed by atoms with Crippen LogP contribution in [0.1, 0.15) is 10.4 Å². The molecule has 0 bridgehead atoms. The molecule has 0 radical (unpaired) electrons. The predicted molar refractivity (Wildman–Crippen MR) is 88.9 cm³/mol. The Bertz CT molecular complexity index is 796. The minimum Gasteiger partial charge on any atom is -0.505 e. The standard InChI is InChI=1S/C17H18N2O6/c1-9-14(21)13(16(9)25-4)18-11-7-5-6-10(15(11)22)17(23)19(2)8-12(20)24-3/h5-7,18,22H,1,8H2,2-4H3. The van der Waals surface area contributed by atoms with Gasteiger partial charge in [-0.05, 0) is 12.1 Å². The largest absolute Gasteiger partial charge is 0.505 e. The van der Waals surface area contributed by atoms with E-state index >= 15 is 0 Å². The van der Waals surface area contributed by atoms with E-state index in [1.165, 1.54) is 39.5 Å². The van der Waals surface area contributed by atoms with Crippen molar-refractivity contribution in [3.63, 3.8) is 0 Å². The first-order valence-corrected chi connectivity index (χ1v) is 7.25. The van der Waals surface area contributed by atoms with Crippen LogP contribution in [0.25, 0.3) is 0 Å². The van der Waals surface area contributed by atoms with Crippen LogP contribution >= 0.6 is 0 Å². The number of carbonyl (C=O) groups excluding carboxylic acids is 3. The number of Topliss-reactive ketones (excluding diaryl/α,β-unsaturated/α-hetero) is 1. The molecule has 0 unspecified atom stereocenters. The number of likely N-dealkylation sites (N-methyl/N-ethyl adjacent to an activating group) is 1. The van der Waals surface area contributed by atoms with Crippen molar-refractivity contribution >= 4 is 23.3 Å². The molecule has 2 rings (SSSR count). The maximum absolute atomic E-state index is 12.4. The third kappa shape index (κ3) is 3.32. The van der Waals surface area contributed by atoms with Gasteiger partial charge in [0.05, 0.1) is 31.0 Å². The summed E-state index contributed by atoms with van der Waals surface area (Å²) >= 11 is 0. The van der Waals surface area contributed by atoms with Crippen molar-refractivity contribution in [3.8, 4) is 5.75 Å². The number of ketones is 1. The molecule has 0 aliphatic heterocycles. The number of carbonyl (C=O) groups is 3. The Labute approximate surface area is 144 Å². The first kappa shape index (κ1) is 18.1. The molecule has 0 saturated carbocycles. The molecule has 1 amide bonds. The zero-order valence-corrected chi connectivity index (χ0v) is 14.1. The van der Waals surface area contributed by atoms with Gasteiger partial charge < -0.3 is 24.8 Å². The zero-order valence-electron chi connectivity index (χ0n) is 14.1. The summed E-state index contributed by atoms with van der Waals surface area (Å²) in [5.74, 6) is -1.55. The number of rotatable bonds is 6. The van der Waals surface area contributed by atoms with Crippen LogP contribution in [0.3, 0.4) is 0 Å². The highest BCUT2D eigenvalue weighted by Crippen LogP contribution is 2.35. The molecular formula is C17H18N2O6. The minimum atomic E-state index is -0.585. The van der Waals surface area contributed by atoms with Gasteiger partial charge in [0, 0.05) is 7.05 Å². The van der Waals surface area contributed by atoms with Crippen molar-refractivity contribution in [2.45, 2.75) is 0 Å². The van der Waals surface area contributed by atoms with Gasteiger partial charge in [-0.25, -0.2) is 0 Å². The number of hydrogen-bond acceptors (Lipinski definition) is 7. The number of amides is 1. The number of nitrogens with zero attached hydrogens (tertiary/aromatic N) is 1. The normalized spacial score (nSPS) is 13.2. The van der Waals surface area contributed by atoms with Crippen LogP contribution in [0.2, 0.25) is 0 Å². The Balaban J connectivity index is 2.27. The first-order valence-electron chi connectivity index (χ1n) is 7.25. The molecule has 25 heavy (non-hydrogen) atoms. The number of methoxy groups -OCH3 is 2. The van der Waals surface area contributed by atoms with Crippen LogP contribution in [-0.2, 0) is 19.1 Å². The molecule has 0 spiro atoms. The number of anilines is 1. The third-order valence-corrected chi connectivity index (χ3v) is 3.67. The fourth-order valence-corrected chi connectivity index (χ4v) is 2.27. The topological polar surface area (TPSA) is 105 Å². The summed E-state index contributed by atoms with van der Waals surface area (Å²) in [5, 5.41) is 13.1. The summed E-state index contributed by atoms with van der Waals surface area (Å²) in [4.78, 5) is 36.6. The highest BCUT2D eigenvalue weighted by atomic mass is 16.5. The summed E-state index contributed by atoms with van der Waals surface area (Å²) in [6.45, 7) is 3.31. The van der Waals surface area contributed by atoms with Crippen LogP contribution in [0.15, 0.2) is 41.8 Å². The molecule has 1 aromatic rings. The van der Waals surface area contributed by atoms with E-state index in [0.717, 1.165) is 4.90 Å². The van der Waals surface area contributed by atoms with Crippen LogP contribution < -0.4 is 5.32 Å². The number of hydrogen-bond donors (Lipinski definition) is 2. The molecule has 8 heteroatoms. The molecule has 132 valence electrons. The lowest BCUT2D eigenvalue weighted by molar-refractivity contribution is -0.141. The van der Waals surface area contributed by atoms with E-state index in [-0.39, 0.29) is 40.6 Å². The van der Waals surface area contributed by atoms with E-state index in [0.29, 0.717) is 5.76 Å². The van der Waals surface area contributed by atoms with E-state index in [1.807, 2.05) is 0 Å². The van der Waals surface area contributed by atoms with Crippen LogP contribution in [0.5, 0.6) is 5.75 Å². The monoisotopic (exact) mass is 346 g/mol. The van der Waals surface area contributed by atoms with Gasteiger partial charge in [0.1, 0.15) is 12.2 Å². The van der Waals surface area contributed by atoms with Gasteiger partial charge in [0.25, 0.3) is 5.91 Å². The molecule has 0 fully saturated rings. The zero-order chi connectivity index (χ0) is 18.7. The smallest absolute Gasteiger partial charge is 0.325 e.